The van der Waals surface area contributed by atoms with Crippen molar-refractivity contribution in [2.45, 2.75) is 75.3 Å². The maximum atomic E-state index is 3.98. The van der Waals surface area contributed by atoms with Crippen molar-refractivity contribution in [1.29, 1.82) is 0 Å². The highest BCUT2D eigenvalue weighted by atomic mass is 15.3. The SMILES string of the molecule is CN1CC2(CCCCC2)NCC12CCCCC2. The van der Waals surface area contributed by atoms with Crippen LogP contribution in [0.4, 0.5) is 0 Å². The third-order valence-electron chi connectivity index (χ3n) is 5.74. The number of hydrogen-bond donors (Lipinski definition) is 1. The summed E-state index contributed by atoms with van der Waals surface area (Å²) in [4.78, 5) is 2.73. The lowest BCUT2D eigenvalue weighted by atomic mass is 9.73. The Bertz CT molecular complexity index is 262. The number of rotatable bonds is 0. The summed E-state index contributed by atoms with van der Waals surface area (Å²) in [6.45, 7) is 2.55. The van der Waals surface area contributed by atoms with Gasteiger partial charge in [0.2, 0.25) is 0 Å². The maximum Gasteiger partial charge on any atom is 0.0331 e. The van der Waals surface area contributed by atoms with Crippen molar-refractivity contribution in [1.82, 2.24) is 10.2 Å². The van der Waals surface area contributed by atoms with E-state index < -0.39 is 0 Å². The molecule has 3 rings (SSSR count). The van der Waals surface area contributed by atoms with E-state index in [-0.39, 0.29) is 0 Å². The molecule has 1 aliphatic heterocycles. The summed E-state index contributed by atoms with van der Waals surface area (Å²) in [5.74, 6) is 0. The van der Waals surface area contributed by atoms with Gasteiger partial charge in [0.05, 0.1) is 0 Å². The van der Waals surface area contributed by atoms with E-state index in [0.29, 0.717) is 11.1 Å². The Hall–Kier alpha value is -0.0800. The fourth-order valence-electron chi connectivity index (χ4n) is 4.50. The van der Waals surface area contributed by atoms with Gasteiger partial charge in [0.1, 0.15) is 0 Å². The number of nitrogens with one attached hydrogen (secondary N) is 1. The van der Waals surface area contributed by atoms with Crippen molar-refractivity contribution in [3.05, 3.63) is 0 Å². The van der Waals surface area contributed by atoms with Crippen LogP contribution in [0.3, 0.4) is 0 Å². The molecule has 0 aromatic carbocycles. The standard InChI is InChI=1S/C15H28N2/c1-17-13-14(8-4-2-5-9-14)16-12-15(17)10-6-3-7-11-15/h16H,2-13H2,1H3. The van der Waals surface area contributed by atoms with Crippen LogP contribution in [-0.2, 0) is 0 Å². The summed E-state index contributed by atoms with van der Waals surface area (Å²) in [6.07, 6.45) is 14.3. The van der Waals surface area contributed by atoms with Crippen molar-refractivity contribution >= 4 is 0 Å². The maximum absolute atomic E-state index is 3.98. The van der Waals surface area contributed by atoms with E-state index in [1.54, 1.807) is 0 Å². The molecule has 1 saturated heterocycles. The van der Waals surface area contributed by atoms with E-state index in [4.69, 9.17) is 0 Å². The van der Waals surface area contributed by atoms with Crippen LogP contribution in [0.25, 0.3) is 0 Å². The van der Waals surface area contributed by atoms with Gasteiger partial charge in [-0.2, -0.15) is 0 Å². The summed E-state index contributed by atoms with van der Waals surface area (Å²) in [5.41, 5.74) is 0.997. The Morgan fingerprint density at radius 1 is 0.824 bits per heavy atom. The highest BCUT2D eigenvalue weighted by Gasteiger charge is 2.46. The molecule has 0 amide bonds. The quantitative estimate of drug-likeness (QED) is 0.695. The molecule has 0 atom stereocenters. The normalized spacial score (nSPS) is 33.0. The fraction of sp³-hybridized carbons (Fsp3) is 1.00. The fourth-order valence-corrected chi connectivity index (χ4v) is 4.50. The first-order chi connectivity index (χ1) is 8.25. The molecule has 2 saturated carbocycles. The summed E-state index contributed by atoms with van der Waals surface area (Å²) in [7, 11) is 2.39. The average molecular weight is 236 g/mol. The van der Waals surface area contributed by atoms with Crippen LogP contribution in [-0.4, -0.2) is 36.1 Å². The van der Waals surface area contributed by atoms with Crippen molar-refractivity contribution in [2.24, 2.45) is 0 Å². The molecule has 2 nitrogen and oxygen atoms in total. The van der Waals surface area contributed by atoms with Gasteiger partial charge in [-0.3, -0.25) is 4.90 Å². The molecule has 0 unspecified atom stereocenters. The predicted octanol–water partition coefficient (Wildman–Crippen LogP) is 2.93. The minimum atomic E-state index is 0.482. The van der Waals surface area contributed by atoms with Crippen molar-refractivity contribution in [3.8, 4) is 0 Å². The summed E-state index contributed by atoms with van der Waals surface area (Å²) >= 11 is 0. The highest BCUT2D eigenvalue weighted by molar-refractivity contribution is 5.06. The lowest BCUT2D eigenvalue weighted by Crippen LogP contribution is -2.69. The molecule has 0 aromatic rings. The first-order valence-corrected chi connectivity index (χ1v) is 7.71. The van der Waals surface area contributed by atoms with Crippen molar-refractivity contribution in [2.75, 3.05) is 20.1 Å². The van der Waals surface area contributed by atoms with E-state index in [1.807, 2.05) is 0 Å². The number of piperazine rings is 1. The van der Waals surface area contributed by atoms with Gasteiger partial charge in [-0.05, 0) is 32.7 Å². The molecule has 1 N–H and O–H groups in total. The van der Waals surface area contributed by atoms with E-state index in [1.165, 1.54) is 77.3 Å². The molecular weight excluding hydrogens is 208 g/mol. The Balaban J connectivity index is 1.70. The number of nitrogens with zero attached hydrogens (tertiary/aromatic N) is 1. The van der Waals surface area contributed by atoms with Crippen LogP contribution in [0.5, 0.6) is 0 Å². The molecular formula is C15H28N2. The summed E-state index contributed by atoms with van der Waals surface area (Å²) in [6, 6.07) is 0. The van der Waals surface area contributed by atoms with Gasteiger partial charge in [0.15, 0.2) is 0 Å². The molecule has 3 aliphatic rings. The second-order valence-corrected chi connectivity index (χ2v) is 6.84. The lowest BCUT2D eigenvalue weighted by molar-refractivity contribution is -0.0117. The zero-order valence-electron chi connectivity index (χ0n) is 11.4. The molecule has 0 aromatic heterocycles. The highest BCUT2D eigenvalue weighted by Crippen LogP contribution is 2.39. The van der Waals surface area contributed by atoms with Crippen LogP contribution in [0, 0.1) is 0 Å². The topological polar surface area (TPSA) is 15.3 Å². The molecule has 0 radical (unpaired) electrons. The zero-order chi connectivity index (χ0) is 11.8. The van der Waals surface area contributed by atoms with Gasteiger partial charge >= 0.3 is 0 Å². The molecule has 0 bridgehead atoms. The number of likely N-dealkylation sites (N-methyl/N-ethyl adjacent to an activating group) is 1. The molecule has 1 heterocycles. The minimum Gasteiger partial charge on any atom is -0.308 e. The lowest BCUT2D eigenvalue weighted by Gasteiger charge is -2.56. The van der Waals surface area contributed by atoms with Gasteiger partial charge in [-0.1, -0.05) is 38.5 Å². The van der Waals surface area contributed by atoms with Gasteiger partial charge in [-0.25, -0.2) is 0 Å². The first-order valence-electron chi connectivity index (χ1n) is 7.71. The number of hydrogen-bond acceptors (Lipinski definition) is 2. The second-order valence-electron chi connectivity index (χ2n) is 6.84. The van der Waals surface area contributed by atoms with Gasteiger partial charge in [0.25, 0.3) is 0 Å². The smallest absolute Gasteiger partial charge is 0.0331 e. The van der Waals surface area contributed by atoms with E-state index in [9.17, 15) is 0 Å². The van der Waals surface area contributed by atoms with E-state index >= 15 is 0 Å². The van der Waals surface area contributed by atoms with Crippen molar-refractivity contribution < 1.29 is 0 Å². The molecule has 2 heteroatoms. The largest absolute Gasteiger partial charge is 0.308 e. The molecule has 3 fully saturated rings. The van der Waals surface area contributed by atoms with Gasteiger partial charge < -0.3 is 5.32 Å². The van der Waals surface area contributed by atoms with Crippen LogP contribution >= 0.6 is 0 Å². The van der Waals surface area contributed by atoms with Gasteiger partial charge in [-0.15, -0.1) is 0 Å². The molecule has 98 valence electrons. The summed E-state index contributed by atoms with van der Waals surface area (Å²) in [5, 5.41) is 3.98. The monoisotopic (exact) mass is 236 g/mol. The van der Waals surface area contributed by atoms with Crippen LogP contribution in [0.2, 0.25) is 0 Å². The van der Waals surface area contributed by atoms with Crippen LogP contribution < -0.4 is 5.32 Å². The average Bonchev–Trinajstić information content (AvgIpc) is 2.37. The Kier molecular flexibility index (Phi) is 3.20. The Labute approximate surface area is 106 Å². The Morgan fingerprint density at radius 3 is 2.00 bits per heavy atom. The summed E-state index contributed by atoms with van der Waals surface area (Å²) < 4.78 is 0. The first kappa shape index (κ1) is 12.0. The Morgan fingerprint density at radius 2 is 1.41 bits per heavy atom. The van der Waals surface area contributed by atoms with Crippen LogP contribution in [0.15, 0.2) is 0 Å². The predicted molar refractivity (Wildman–Crippen MR) is 72.3 cm³/mol. The van der Waals surface area contributed by atoms with Gasteiger partial charge in [0, 0.05) is 24.2 Å². The molecule has 2 aliphatic carbocycles. The third-order valence-corrected chi connectivity index (χ3v) is 5.74. The molecule has 2 spiro atoms. The molecule has 17 heavy (non-hydrogen) atoms. The zero-order valence-corrected chi connectivity index (χ0v) is 11.4. The third kappa shape index (κ3) is 2.15. The van der Waals surface area contributed by atoms with Crippen molar-refractivity contribution in [3.63, 3.8) is 0 Å². The minimum absolute atomic E-state index is 0.482. The van der Waals surface area contributed by atoms with Crippen LogP contribution in [0.1, 0.15) is 64.2 Å². The second kappa shape index (κ2) is 4.55. The van der Waals surface area contributed by atoms with E-state index in [2.05, 4.69) is 17.3 Å². The van der Waals surface area contributed by atoms with E-state index in [0.717, 1.165) is 0 Å².